The Balaban J connectivity index is 1.78. The van der Waals surface area contributed by atoms with Crippen LogP contribution >= 0.6 is 0 Å². The van der Waals surface area contributed by atoms with Gasteiger partial charge in [-0.25, -0.2) is 9.97 Å². The monoisotopic (exact) mass is 284 g/mol. The average molecular weight is 284 g/mol. The molecule has 110 valence electrons. The minimum atomic E-state index is 0.696. The Morgan fingerprint density at radius 1 is 1.29 bits per heavy atom. The summed E-state index contributed by atoms with van der Waals surface area (Å²) in [6.45, 7) is 5.16. The normalized spacial score (nSPS) is 15.0. The first kappa shape index (κ1) is 13.8. The Morgan fingerprint density at radius 2 is 2.14 bits per heavy atom. The number of nitrogens with one attached hydrogen (secondary N) is 1. The van der Waals surface area contributed by atoms with Gasteiger partial charge in [-0.1, -0.05) is 18.2 Å². The van der Waals surface area contributed by atoms with E-state index >= 15 is 0 Å². The standard InChI is InChI=1S/C16H20N4O/c1-12-9-15(17-2)19-16(18-12)11-20-7-8-21-14-6-4-3-5-13(14)10-20/h3-6,9H,7-8,10-11H2,1-2H3,(H,17,18,19). The lowest BCUT2D eigenvalue weighted by Crippen LogP contribution is -2.26. The molecule has 0 aliphatic carbocycles. The van der Waals surface area contributed by atoms with Crippen LogP contribution in [0.2, 0.25) is 0 Å². The van der Waals surface area contributed by atoms with Gasteiger partial charge in [0.1, 0.15) is 24.0 Å². The van der Waals surface area contributed by atoms with Crippen LogP contribution in [0.4, 0.5) is 5.82 Å². The number of aromatic nitrogens is 2. The molecular formula is C16H20N4O. The quantitative estimate of drug-likeness (QED) is 0.936. The molecule has 2 heterocycles. The highest BCUT2D eigenvalue weighted by molar-refractivity contribution is 5.35. The molecule has 0 spiro atoms. The lowest BCUT2D eigenvalue weighted by Gasteiger charge is -2.18. The highest BCUT2D eigenvalue weighted by atomic mass is 16.5. The summed E-state index contributed by atoms with van der Waals surface area (Å²) in [5.41, 5.74) is 2.20. The zero-order valence-corrected chi connectivity index (χ0v) is 12.5. The first-order valence-corrected chi connectivity index (χ1v) is 7.20. The van der Waals surface area contributed by atoms with Gasteiger partial charge >= 0.3 is 0 Å². The van der Waals surface area contributed by atoms with Gasteiger partial charge in [-0.3, -0.25) is 4.90 Å². The largest absolute Gasteiger partial charge is 0.492 e. The van der Waals surface area contributed by atoms with Gasteiger partial charge < -0.3 is 10.1 Å². The number of fused-ring (bicyclic) bond motifs is 1. The number of rotatable bonds is 3. The first-order chi connectivity index (χ1) is 10.2. The summed E-state index contributed by atoms with van der Waals surface area (Å²) >= 11 is 0. The number of aryl methyl sites for hydroxylation is 1. The number of para-hydroxylation sites is 1. The molecular weight excluding hydrogens is 264 g/mol. The van der Waals surface area contributed by atoms with Crippen molar-refractivity contribution in [3.8, 4) is 5.75 Å². The molecule has 1 aliphatic heterocycles. The summed E-state index contributed by atoms with van der Waals surface area (Å²) in [6.07, 6.45) is 0. The van der Waals surface area contributed by atoms with Crippen molar-refractivity contribution in [2.45, 2.75) is 20.0 Å². The van der Waals surface area contributed by atoms with E-state index < -0.39 is 0 Å². The minimum Gasteiger partial charge on any atom is -0.492 e. The van der Waals surface area contributed by atoms with E-state index in [1.54, 1.807) is 0 Å². The number of benzene rings is 1. The van der Waals surface area contributed by atoms with Crippen molar-refractivity contribution >= 4 is 5.82 Å². The van der Waals surface area contributed by atoms with Gasteiger partial charge in [0.25, 0.3) is 0 Å². The van der Waals surface area contributed by atoms with Crippen LogP contribution in [0.3, 0.4) is 0 Å². The Hall–Kier alpha value is -2.14. The minimum absolute atomic E-state index is 0.696. The molecule has 5 nitrogen and oxygen atoms in total. The van der Waals surface area contributed by atoms with Gasteiger partial charge in [-0.2, -0.15) is 0 Å². The molecule has 0 saturated carbocycles. The summed E-state index contributed by atoms with van der Waals surface area (Å²) in [5.74, 6) is 2.70. The Kier molecular flexibility index (Phi) is 4.01. The maximum atomic E-state index is 5.79. The van der Waals surface area contributed by atoms with Gasteiger partial charge in [0.15, 0.2) is 0 Å². The van der Waals surface area contributed by atoms with E-state index in [4.69, 9.17) is 4.74 Å². The van der Waals surface area contributed by atoms with Crippen LogP contribution in [0.25, 0.3) is 0 Å². The van der Waals surface area contributed by atoms with Gasteiger partial charge in [0.05, 0.1) is 6.54 Å². The summed E-state index contributed by atoms with van der Waals surface area (Å²) in [4.78, 5) is 11.4. The van der Waals surface area contributed by atoms with Crippen LogP contribution in [0.15, 0.2) is 30.3 Å². The smallest absolute Gasteiger partial charge is 0.144 e. The van der Waals surface area contributed by atoms with E-state index in [1.165, 1.54) is 5.56 Å². The molecule has 0 radical (unpaired) electrons. The van der Waals surface area contributed by atoms with Crippen LogP contribution in [-0.2, 0) is 13.1 Å². The van der Waals surface area contributed by atoms with Crippen LogP contribution in [-0.4, -0.2) is 35.1 Å². The summed E-state index contributed by atoms with van der Waals surface area (Å²) in [6, 6.07) is 10.2. The molecule has 5 heteroatoms. The van der Waals surface area contributed by atoms with E-state index in [1.807, 2.05) is 38.2 Å². The molecule has 0 amide bonds. The van der Waals surface area contributed by atoms with E-state index in [0.717, 1.165) is 42.7 Å². The molecule has 3 rings (SSSR count). The van der Waals surface area contributed by atoms with Crippen molar-refractivity contribution in [2.24, 2.45) is 0 Å². The number of anilines is 1. The second-order valence-electron chi connectivity index (χ2n) is 5.23. The van der Waals surface area contributed by atoms with Crippen LogP contribution in [0.1, 0.15) is 17.1 Å². The van der Waals surface area contributed by atoms with E-state index in [-0.39, 0.29) is 0 Å². The predicted octanol–water partition coefficient (Wildman–Crippen LogP) is 2.22. The van der Waals surface area contributed by atoms with Crippen molar-refractivity contribution in [2.75, 3.05) is 25.5 Å². The summed E-state index contributed by atoms with van der Waals surface area (Å²) in [5, 5.41) is 3.08. The molecule has 1 aliphatic rings. The second-order valence-corrected chi connectivity index (χ2v) is 5.23. The topological polar surface area (TPSA) is 50.3 Å². The molecule has 0 fully saturated rings. The molecule has 0 unspecified atom stereocenters. The predicted molar refractivity (Wildman–Crippen MR) is 82.4 cm³/mol. The van der Waals surface area contributed by atoms with Gasteiger partial charge in [0.2, 0.25) is 0 Å². The molecule has 1 N–H and O–H groups in total. The van der Waals surface area contributed by atoms with E-state index in [9.17, 15) is 0 Å². The fourth-order valence-electron chi connectivity index (χ4n) is 2.54. The molecule has 1 aromatic carbocycles. The third-order valence-electron chi connectivity index (χ3n) is 3.55. The third-order valence-corrected chi connectivity index (χ3v) is 3.55. The van der Waals surface area contributed by atoms with E-state index in [2.05, 4.69) is 26.3 Å². The molecule has 0 atom stereocenters. The molecule has 0 saturated heterocycles. The summed E-state index contributed by atoms with van der Waals surface area (Å²) < 4.78 is 5.79. The zero-order valence-electron chi connectivity index (χ0n) is 12.5. The second kappa shape index (κ2) is 6.10. The lowest BCUT2D eigenvalue weighted by atomic mass is 10.2. The Bertz CT molecular complexity index is 629. The maximum Gasteiger partial charge on any atom is 0.144 e. The molecule has 1 aromatic heterocycles. The molecule has 0 bridgehead atoms. The Labute approximate surface area is 125 Å². The Morgan fingerprint density at radius 3 is 3.00 bits per heavy atom. The average Bonchev–Trinajstić information content (AvgIpc) is 2.68. The SMILES string of the molecule is CNc1cc(C)nc(CN2CCOc3ccccc3C2)n1. The van der Waals surface area contributed by atoms with Gasteiger partial charge in [-0.05, 0) is 13.0 Å². The van der Waals surface area contributed by atoms with Gasteiger partial charge in [0, 0.05) is 37.5 Å². The number of hydrogen-bond donors (Lipinski definition) is 1. The number of ether oxygens (including phenoxy) is 1. The molecule has 2 aromatic rings. The lowest BCUT2D eigenvalue weighted by molar-refractivity contribution is 0.215. The van der Waals surface area contributed by atoms with E-state index in [0.29, 0.717) is 6.61 Å². The fourth-order valence-corrected chi connectivity index (χ4v) is 2.54. The van der Waals surface area contributed by atoms with Crippen molar-refractivity contribution in [1.82, 2.24) is 14.9 Å². The zero-order chi connectivity index (χ0) is 14.7. The number of nitrogens with zero attached hydrogens (tertiary/aromatic N) is 3. The molecule has 21 heavy (non-hydrogen) atoms. The highest BCUT2D eigenvalue weighted by Crippen LogP contribution is 2.23. The van der Waals surface area contributed by atoms with Crippen molar-refractivity contribution < 1.29 is 4.74 Å². The van der Waals surface area contributed by atoms with Crippen LogP contribution in [0, 0.1) is 6.92 Å². The van der Waals surface area contributed by atoms with Crippen molar-refractivity contribution in [1.29, 1.82) is 0 Å². The maximum absolute atomic E-state index is 5.79. The van der Waals surface area contributed by atoms with Crippen molar-refractivity contribution in [3.05, 3.63) is 47.4 Å². The number of hydrogen-bond acceptors (Lipinski definition) is 5. The van der Waals surface area contributed by atoms with Crippen LogP contribution in [0.5, 0.6) is 5.75 Å². The van der Waals surface area contributed by atoms with Crippen molar-refractivity contribution in [3.63, 3.8) is 0 Å². The third kappa shape index (κ3) is 3.31. The van der Waals surface area contributed by atoms with Gasteiger partial charge in [-0.15, -0.1) is 0 Å². The summed E-state index contributed by atoms with van der Waals surface area (Å²) in [7, 11) is 1.88. The first-order valence-electron chi connectivity index (χ1n) is 7.20. The fraction of sp³-hybridized carbons (Fsp3) is 0.375. The highest BCUT2D eigenvalue weighted by Gasteiger charge is 2.16. The van der Waals surface area contributed by atoms with Crippen LogP contribution < -0.4 is 10.1 Å².